The molecule has 0 spiro atoms. The van der Waals surface area contributed by atoms with Crippen molar-refractivity contribution in [2.75, 3.05) is 20.6 Å². The van der Waals surface area contributed by atoms with Crippen molar-refractivity contribution >= 4 is 21.9 Å². The minimum atomic E-state index is -0.524. The zero-order chi connectivity index (χ0) is 15.9. The van der Waals surface area contributed by atoms with Gasteiger partial charge in [0.15, 0.2) is 5.58 Å². The number of aromatic nitrogens is 2. The van der Waals surface area contributed by atoms with E-state index in [1.807, 2.05) is 40.2 Å². The average molecular weight is 299 g/mol. The van der Waals surface area contributed by atoms with Gasteiger partial charge in [0, 0.05) is 30.1 Å². The Bertz CT molecular complexity index is 875. The summed E-state index contributed by atoms with van der Waals surface area (Å²) in [5.41, 5.74) is 2.42. The summed E-state index contributed by atoms with van der Waals surface area (Å²) in [6.07, 6.45) is 2.04. The van der Waals surface area contributed by atoms with Gasteiger partial charge in [-0.25, -0.2) is 4.79 Å². The lowest BCUT2D eigenvalue weighted by Gasteiger charge is -2.13. The molecule has 2 aromatic heterocycles. The van der Waals surface area contributed by atoms with Crippen molar-refractivity contribution in [1.29, 1.82) is 0 Å². The third-order valence-electron chi connectivity index (χ3n) is 3.90. The number of nitrogens with zero attached hydrogens (tertiary/aromatic N) is 3. The highest BCUT2D eigenvalue weighted by Crippen LogP contribution is 2.29. The molecule has 5 heteroatoms. The SMILES string of the molecule is CC(C)c1nc(=O)oc2c1ccc1ccn(CCN(C)C)c12. The highest BCUT2D eigenvalue weighted by molar-refractivity contribution is 6.03. The van der Waals surface area contributed by atoms with Crippen molar-refractivity contribution < 1.29 is 4.42 Å². The molecule has 0 radical (unpaired) electrons. The maximum atomic E-state index is 11.9. The summed E-state index contributed by atoms with van der Waals surface area (Å²) < 4.78 is 7.61. The first-order valence-electron chi connectivity index (χ1n) is 7.54. The van der Waals surface area contributed by atoms with Gasteiger partial charge >= 0.3 is 5.76 Å². The molecule has 116 valence electrons. The van der Waals surface area contributed by atoms with Crippen molar-refractivity contribution in [3.63, 3.8) is 0 Å². The van der Waals surface area contributed by atoms with E-state index < -0.39 is 5.76 Å². The van der Waals surface area contributed by atoms with E-state index in [0.29, 0.717) is 5.58 Å². The highest BCUT2D eigenvalue weighted by atomic mass is 16.4. The third-order valence-corrected chi connectivity index (χ3v) is 3.90. The average Bonchev–Trinajstić information content (AvgIpc) is 2.87. The van der Waals surface area contributed by atoms with Gasteiger partial charge in [-0.3, -0.25) is 0 Å². The lowest BCUT2D eigenvalue weighted by molar-refractivity contribution is 0.386. The Morgan fingerprint density at radius 2 is 2.05 bits per heavy atom. The second-order valence-corrected chi connectivity index (χ2v) is 6.21. The molecule has 1 aromatic carbocycles. The van der Waals surface area contributed by atoms with Gasteiger partial charge in [0.1, 0.15) is 0 Å². The summed E-state index contributed by atoms with van der Waals surface area (Å²) in [6.45, 7) is 5.85. The van der Waals surface area contributed by atoms with Gasteiger partial charge in [0.05, 0.1) is 11.2 Å². The van der Waals surface area contributed by atoms with Crippen LogP contribution in [-0.2, 0) is 6.54 Å². The van der Waals surface area contributed by atoms with Gasteiger partial charge in [0.2, 0.25) is 0 Å². The van der Waals surface area contributed by atoms with Crippen molar-refractivity contribution in [3.8, 4) is 0 Å². The van der Waals surface area contributed by atoms with Crippen molar-refractivity contribution in [1.82, 2.24) is 14.5 Å². The fourth-order valence-corrected chi connectivity index (χ4v) is 2.77. The van der Waals surface area contributed by atoms with Gasteiger partial charge in [-0.05, 0) is 32.1 Å². The molecule has 0 N–H and O–H groups in total. The summed E-state index contributed by atoms with van der Waals surface area (Å²) in [4.78, 5) is 18.0. The van der Waals surface area contributed by atoms with E-state index >= 15 is 0 Å². The fraction of sp³-hybridized carbons (Fsp3) is 0.412. The molecular weight excluding hydrogens is 278 g/mol. The number of hydrogen-bond donors (Lipinski definition) is 0. The molecular formula is C17H21N3O2. The third kappa shape index (κ3) is 2.52. The van der Waals surface area contributed by atoms with Gasteiger partial charge in [-0.1, -0.05) is 19.9 Å². The summed E-state index contributed by atoms with van der Waals surface area (Å²) in [5, 5.41) is 2.00. The minimum absolute atomic E-state index is 0.175. The first-order valence-corrected chi connectivity index (χ1v) is 7.54. The molecule has 5 nitrogen and oxygen atoms in total. The van der Waals surface area contributed by atoms with E-state index in [2.05, 4.69) is 26.6 Å². The zero-order valence-electron chi connectivity index (χ0n) is 13.5. The monoisotopic (exact) mass is 299 g/mol. The molecule has 3 rings (SSSR count). The van der Waals surface area contributed by atoms with Crippen LogP contribution >= 0.6 is 0 Å². The molecule has 0 saturated heterocycles. The molecule has 22 heavy (non-hydrogen) atoms. The van der Waals surface area contributed by atoms with Crippen LogP contribution in [0, 0.1) is 0 Å². The van der Waals surface area contributed by atoms with Crippen LogP contribution in [0.2, 0.25) is 0 Å². The van der Waals surface area contributed by atoms with E-state index in [-0.39, 0.29) is 5.92 Å². The Balaban J connectivity index is 2.29. The van der Waals surface area contributed by atoms with E-state index in [9.17, 15) is 4.79 Å². The Labute approximate surface area is 129 Å². The van der Waals surface area contributed by atoms with Crippen LogP contribution in [-0.4, -0.2) is 35.1 Å². The van der Waals surface area contributed by atoms with Crippen LogP contribution in [0.4, 0.5) is 0 Å². The van der Waals surface area contributed by atoms with Crippen LogP contribution < -0.4 is 5.76 Å². The standard InChI is InChI=1S/C17H21N3O2/c1-11(2)14-13-6-5-12-7-8-20(10-9-19(3)4)15(12)16(13)22-17(21)18-14/h5-8,11H,9-10H2,1-4H3. The molecule has 0 aliphatic rings. The number of benzene rings is 1. The molecule has 0 atom stereocenters. The van der Waals surface area contributed by atoms with Crippen LogP contribution in [0.3, 0.4) is 0 Å². The minimum Gasteiger partial charge on any atom is -0.406 e. The number of likely N-dealkylation sites (N-methyl/N-ethyl adjacent to an activating group) is 1. The van der Waals surface area contributed by atoms with E-state index in [4.69, 9.17) is 4.42 Å². The van der Waals surface area contributed by atoms with E-state index in [0.717, 1.165) is 35.1 Å². The summed E-state index contributed by atoms with van der Waals surface area (Å²) in [7, 11) is 4.09. The molecule has 3 aromatic rings. The van der Waals surface area contributed by atoms with Gasteiger partial charge < -0.3 is 13.9 Å². The highest BCUT2D eigenvalue weighted by Gasteiger charge is 2.15. The Hall–Kier alpha value is -2.14. The van der Waals surface area contributed by atoms with Crippen LogP contribution in [0.5, 0.6) is 0 Å². The Morgan fingerprint density at radius 1 is 1.27 bits per heavy atom. The van der Waals surface area contributed by atoms with E-state index in [1.165, 1.54) is 0 Å². The molecule has 0 aliphatic carbocycles. The van der Waals surface area contributed by atoms with Crippen molar-refractivity contribution in [2.45, 2.75) is 26.3 Å². The second-order valence-electron chi connectivity index (χ2n) is 6.21. The second kappa shape index (κ2) is 5.57. The lowest BCUT2D eigenvalue weighted by atomic mass is 10.0. The first-order chi connectivity index (χ1) is 10.5. The first kappa shape index (κ1) is 14.8. The number of rotatable bonds is 4. The van der Waals surface area contributed by atoms with Crippen LogP contribution in [0.15, 0.2) is 33.6 Å². The topological polar surface area (TPSA) is 51.3 Å². The molecule has 2 heterocycles. The lowest BCUT2D eigenvalue weighted by Crippen LogP contribution is -2.18. The number of hydrogen-bond acceptors (Lipinski definition) is 4. The van der Waals surface area contributed by atoms with Gasteiger partial charge in [-0.15, -0.1) is 0 Å². The maximum absolute atomic E-state index is 11.9. The maximum Gasteiger partial charge on any atom is 0.439 e. The Morgan fingerprint density at radius 3 is 2.73 bits per heavy atom. The molecule has 0 aliphatic heterocycles. The fourth-order valence-electron chi connectivity index (χ4n) is 2.77. The summed E-state index contributed by atoms with van der Waals surface area (Å²) >= 11 is 0. The van der Waals surface area contributed by atoms with Crippen LogP contribution in [0.25, 0.3) is 21.9 Å². The summed E-state index contributed by atoms with van der Waals surface area (Å²) in [5.74, 6) is -0.349. The summed E-state index contributed by atoms with van der Waals surface area (Å²) in [6, 6.07) is 6.12. The number of fused-ring (bicyclic) bond motifs is 3. The molecule has 0 saturated carbocycles. The predicted molar refractivity (Wildman–Crippen MR) is 88.4 cm³/mol. The zero-order valence-corrected chi connectivity index (χ0v) is 13.5. The van der Waals surface area contributed by atoms with Gasteiger partial charge in [0.25, 0.3) is 0 Å². The normalized spacial score (nSPS) is 12.1. The predicted octanol–water partition coefficient (Wildman–Crippen LogP) is 2.83. The van der Waals surface area contributed by atoms with Crippen molar-refractivity contribution in [2.24, 2.45) is 0 Å². The molecule has 0 unspecified atom stereocenters. The molecule has 0 bridgehead atoms. The Kier molecular flexibility index (Phi) is 3.74. The van der Waals surface area contributed by atoms with Crippen molar-refractivity contribution in [3.05, 3.63) is 40.6 Å². The van der Waals surface area contributed by atoms with E-state index in [1.54, 1.807) is 0 Å². The smallest absolute Gasteiger partial charge is 0.406 e. The van der Waals surface area contributed by atoms with Crippen LogP contribution in [0.1, 0.15) is 25.5 Å². The largest absolute Gasteiger partial charge is 0.439 e. The quantitative estimate of drug-likeness (QED) is 0.743. The molecule has 0 fully saturated rings. The van der Waals surface area contributed by atoms with Gasteiger partial charge in [-0.2, -0.15) is 4.98 Å². The molecule has 0 amide bonds.